The first kappa shape index (κ1) is 16.6. The highest BCUT2D eigenvalue weighted by atomic mass is 16.5. The molecule has 3 nitrogen and oxygen atoms in total. The fourth-order valence-electron chi connectivity index (χ4n) is 5.08. The highest BCUT2D eigenvalue weighted by Gasteiger charge is 2.48. The molecule has 4 rings (SSSR count). The van der Waals surface area contributed by atoms with Crippen LogP contribution in [0.15, 0.2) is 36.4 Å². The van der Waals surface area contributed by atoms with Gasteiger partial charge in [0.2, 0.25) is 0 Å². The molecule has 0 radical (unpaired) electrons. The third kappa shape index (κ3) is 2.75. The molecular formula is C22H27NO2. The van der Waals surface area contributed by atoms with Crippen LogP contribution in [0.2, 0.25) is 0 Å². The van der Waals surface area contributed by atoms with Crippen LogP contribution in [0.1, 0.15) is 44.1 Å². The number of carbonyl (C=O) groups excluding carboxylic acids is 1. The van der Waals surface area contributed by atoms with E-state index in [1.165, 1.54) is 29.2 Å². The van der Waals surface area contributed by atoms with E-state index >= 15 is 0 Å². The largest absolute Gasteiger partial charge is 0.497 e. The molecule has 2 aromatic carbocycles. The van der Waals surface area contributed by atoms with Gasteiger partial charge in [0.15, 0.2) is 0 Å². The van der Waals surface area contributed by atoms with Gasteiger partial charge in [0.05, 0.1) is 7.11 Å². The molecule has 2 aliphatic rings. The van der Waals surface area contributed by atoms with E-state index in [1.54, 1.807) is 7.11 Å². The van der Waals surface area contributed by atoms with E-state index in [9.17, 15) is 4.79 Å². The maximum Gasteiger partial charge on any atom is 0.137 e. The van der Waals surface area contributed by atoms with Crippen molar-refractivity contribution >= 4 is 16.6 Å². The maximum atomic E-state index is 12.8. The van der Waals surface area contributed by atoms with Crippen molar-refractivity contribution in [2.45, 2.75) is 50.6 Å². The third-order valence-electron chi connectivity index (χ3n) is 6.49. The second-order valence-electron chi connectivity index (χ2n) is 7.62. The molecule has 4 atom stereocenters. The Morgan fingerprint density at radius 1 is 1.16 bits per heavy atom. The molecule has 2 saturated heterocycles. The van der Waals surface area contributed by atoms with Crippen LogP contribution >= 0.6 is 0 Å². The number of hydrogen-bond donors (Lipinski definition) is 0. The van der Waals surface area contributed by atoms with Crippen molar-refractivity contribution in [1.82, 2.24) is 4.90 Å². The zero-order valence-corrected chi connectivity index (χ0v) is 15.4. The van der Waals surface area contributed by atoms with Gasteiger partial charge in [0.25, 0.3) is 0 Å². The minimum absolute atomic E-state index is 0.143. The molecule has 0 aromatic heterocycles. The molecular weight excluding hydrogens is 310 g/mol. The van der Waals surface area contributed by atoms with E-state index in [-0.39, 0.29) is 5.92 Å². The predicted molar refractivity (Wildman–Crippen MR) is 101 cm³/mol. The lowest BCUT2D eigenvalue weighted by molar-refractivity contribution is -0.126. The number of benzene rings is 2. The Labute approximate surface area is 150 Å². The molecule has 0 spiro atoms. The van der Waals surface area contributed by atoms with E-state index in [0.29, 0.717) is 30.2 Å². The average molecular weight is 337 g/mol. The Morgan fingerprint density at radius 2 is 1.92 bits per heavy atom. The lowest BCUT2D eigenvalue weighted by Gasteiger charge is -2.42. The van der Waals surface area contributed by atoms with E-state index in [2.05, 4.69) is 42.3 Å². The summed E-state index contributed by atoms with van der Waals surface area (Å²) in [7, 11) is 3.91. The summed E-state index contributed by atoms with van der Waals surface area (Å²) in [6.45, 7) is 2.01. The number of ether oxygens (including phenoxy) is 1. The smallest absolute Gasteiger partial charge is 0.137 e. The lowest BCUT2D eigenvalue weighted by atomic mass is 9.73. The normalized spacial score (nSPS) is 29.1. The number of carbonyl (C=O) groups is 1. The predicted octanol–water partition coefficient (Wildman–Crippen LogP) is 4.39. The molecule has 3 heteroatoms. The zero-order chi connectivity index (χ0) is 17.6. The van der Waals surface area contributed by atoms with Crippen LogP contribution in [-0.2, 0) is 4.79 Å². The Bertz CT molecular complexity index is 800. The summed E-state index contributed by atoms with van der Waals surface area (Å²) in [5.74, 6) is 1.81. The first-order chi connectivity index (χ1) is 12.1. The number of hydrogen-bond acceptors (Lipinski definition) is 3. The van der Waals surface area contributed by atoms with Crippen molar-refractivity contribution in [3.63, 3.8) is 0 Å². The molecule has 0 saturated carbocycles. The Kier molecular flexibility index (Phi) is 4.28. The Morgan fingerprint density at radius 3 is 2.68 bits per heavy atom. The zero-order valence-electron chi connectivity index (χ0n) is 15.4. The Balaban J connectivity index is 1.73. The molecule has 2 aliphatic heterocycles. The molecule has 2 aromatic rings. The maximum absolute atomic E-state index is 12.8. The molecule has 0 aliphatic carbocycles. The van der Waals surface area contributed by atoms with Crippen LogP contribution in [0.3, 0.4) is 0 Å². The minimum atomic E-state index is 0.143. The third-order valence-corrected chi connectivity index (χ3v) is 6.49. The number of ketones is 1. The fraction of sp³-hybridized carbons (Fsp3) is 0.500. The second kappa shape index (κ2) is 6.45. The average Bonchev–Trinajstić information content (AvgIpc) is 2.88. The highest BCUT2D eigenvalue weighted by molar-refractivity contribution is 5.86. The van der Waals surface area contributed by atoms with Gasteiger partial charge in [-0.05, 0) is 60.7 Å². The molecule has 25 heavy (non-hydrogen) atoms. The van der Waals surface area contributed by atoms with Crippen molar-refractivity contribution in [3.05, 3.63) is 42.0 Å². The van der Waals surface area contributed by atoms with Gasteiger partial charge in [-0.15, -0.1) is 0 Å². The lowest BCUT2D eigenvalue weighted by Crippen LogP contribution is -2.48. The summed E-state index contributed by atoms with van der Waals surface area (Å²) in [6.07, 6.45) is 4.14. The quantitative estimate of drug-likeness (QED) is 0.828. The summed E-state index contributed by atoms with van der Waals surface area (Å²) in [5.41, 5.74) is 1.33. The van der Waals surface area contributed by atoms with Gasteiger partial charge in [0, 0.05) is 24.4 Å². The monoisotopic (exact) mass is 337 g/mol. The van der Waals surface area contributed by atoms with E-state index in [0.717, 1.165) is 12.2 Å². The minimum Gasteiger partial charge on any atom is -0.497 e. The molecule has 2 heterocycles. The molecule has 0 N–H and O–H groups in total. The van der Waals surface area contributed by atoms with Gasteiger partial charge in [-0.2, -0.15) is 0 Å². The van der Waals surface area contributed by atoms with Gasteiger partial charge in [0.1, 0.15) is 11.5 Å². The van der Waals surface area contributed by atoms with Crippen LogP contribution in [0.25, 0.3) is 10.8 Å². The first-order valence-corrected chi connectivity index (χ1v) is 9.44. The molecule has 0 amide bonds. The van der Waals surface area contributed by atoms with Gasteiger partial charge in [-0.1, -0.05) is 31.2 Å². The van der Waals surface area contributed by atoms with Gasteiger partial charge in [-0.3, -0.25) is 9.69 Å². The highest BCUT2D eigenvalue weighted by Crippen LogP contribution is 2.47. The number of fused-ring (bicyclic) bond motifs is 3. The van der Waals surface area contributed by atoms with E-state index < -0.39 is 0 Å². The van der Waals surface area contributed by atoms with Crippen LogP contribution in [0.5, 0.6) is 5.75 Å². The molecule has 2 bridgehead atoms. The van der Waals surface area contributed by atoms with Crippen molar-refractivity contribution in [1.29, 1.82) is 0 Å². The standard InChI is InChI=1S/C22H27NO2/c1-4-21(24)22-19(13-17-8-10-20(22)23(17)2)16-6-5-15-12-18(25-3)9-7-14(15)11-16/h5-7,9,11-12,17,19-20,22H,4,8,10,13H2,1-3H3/t17-,19+,20+,22-/m0/s1. The summed E-state index contributed by atoms with van der Waals surface area (Å²) in [6, 6.07) is 14.0. The number of Topliss-reactive ketones (excluding diaryl/α,β-unsaturated/α-hetero) is 1. The summed E-state index contributed by atoms with van der Waals surface area (Å²) in [4.78, 5) is 15.3. The van der Waals surface area contributed by atoms with Gasteiger partial charge < -0.3 is 4.74 Å². The van der Waals surface area contributed by atoms with Crippen molar-refractivity contribution in [2.75, 3.05) is 14.2 Å². The van der Waals surface area contributed by atoms with E-state index in [1.807, 2.05) is 13.0 Å². The Hall–Kier alpha value is -1.87. The van der Waals surface area contributed by atoms with Crippen LogP contribution in [0, 0.1) is 5.92 Å². The first-order valence-electron chi connectivity index (χ1n) is 9.44. The summed E-state index contributed by atoms with van der Waals surface area (Å²) >= 11 is 0. The van der Waals surface area contributed by atoms with Gasteiger partial charge >= 0.3 is 0 Å². The van der Waals surface area contributed by atoms with Crippen molar-refractivity contribution in [2.24, 2.45) is 5.92 Å². The second-order valence-corrected chi connectivity index (χ2v) is 7.62. The van der Waals surface area contributed by atoms with E-state index in [4.69, 9.17) is 4.74 Å². The van der Waals surface area contributed by atoms with Crippen LogP contribution in [0.4, 0.5) is 0 Å². The molecule has 132 valence electrons. The summed E-state index contributed by atoms with van der Waals surface area (Å²) in [5, 5.41) is 2.42. The number of piperidine rings is 1. The summed E-state index contributed by atoms with van der Waals surface area (Å²) < 4.78 is 5.33. The van der Waals surface area contributed by atoms with Crippen LogP contribution in [-0.4, -0.2) is 36.9 Å². The van der Waals surface area contributed by atoms with Crippen LogP contribution < -0.4 is 4.74 Å². The van der Waals surface area contributed by atoms with Crippen molar-refractivity contribution in [3.8, 4) is 5.75 Å². The fourth-order valence-corrected chi connectivity index (χ4v) is 5.08. The molecule has 0 unspecified atom stereocenters. The number of nitrogens with zero attached hydrogens (tertiary/aromatic N) is 1. The van der Waals surface area contributed by atoms with Crippen molar-refractivity contribution < 1.29 is 9.53 Å². The topological polar surface area (TPSA) is 29.5 Å². The van der Waals surface area contributed by atoms with Gasteiger partial charge in [-0.25, -0.2) is 0 Å². The molecule has 2 fully saturated rings. The number of methoxy groups -OCH3 is 1. The SMILES string of the molecule is CCC(=O)[C@H]1[C@@H](c2ccc3cc(OC)ccc3c2)C[C@@H]2CC[C@H]1N2C. The number of rotatable bonds is 4.